The van der Waals surface area contributed by atoms with E-state index in [-0.39, 0.29) is 0 Å². The van der Waals surface area contributed by atoms with Crippen LogP contribution in [0.5, 0.6) is 0 Å². The molecular formula is C18H32ClNO. The van der Waals surface area contributed by atoms with Crippen LogP contribution in [-0.4, -0.2) is 43.6 Å². The summed E-state index contributed by atoms with van der Waals surface area (Å²) >= 11 is 6.04. The summed E-state index contributed by atoms with van der Waals surface area (Å²) in [6.07, 6.45) is 12.0. The number of unbranched alkanes of at least 4 members (excludes halogenated alkanes) is 3. The fraction of sp³-hybridized carbons (Fsp3) is 0.778. The van der Waals surface area contributed by atoms with E-state index >= 15 is 0 Å². The number of morpholine rings is 1. The maximum atomic E-state index is 6.04. The van der Waals surface area contributed by atoms with Crippen molar-refractivity contribution in [1.82, 2.24) is 4.90 Å². The largest absolute Gasteiger partial charge is 0.379 e. The van der Waals surface area contributed by atoms with E-state index in [1.54, 1.807) is 0 Å². The van der Waals surface area contributed by atoms with Gasteiger partial charge in [-0.3, -0.25) is 4.90 Å². The molecule has 1 aliphatic heterocycles. The van der Waals surface area contributed by atoms with Crippen molar-refractivity contribution in [2.45, 2.75) is 52.4 Å². The van der Waals surface area contributed by atoms with Crippen LogP contribution in [0.2, 0.25) is 0 Å². The molecule has 122 valence electrons. The molecule has 21 heavy (non-hydrogen) atoms. The first-order chi connectivity index (χ1) is 10.3. The highest BCUT2D eigenvalue weighted by atomic mass is 35.5. The van der Waals surface area contributed by atoms with Crippen molar-refractivity contribution >= 4 is 11.6 Å². The normalized spacial score (nSPS) is 18.2. The van der Waals surface area contributed by atoms with Gasteiger partial charge in [-0.25, -0.2) is 0 Å². The van der Waals surface area contributed by atoms with Crippen LogP contribution in [0.15, 0.2) is 23.3 Å². The molecule has 0 amide bonds. The summed E-state index contributed by atoms with van der Waals surface area (Å²) < 4.78 is 5.38. The first-order valence-corrected chi connectivity index (χ1v) is 8.99. The lowest BCUT2D eigenvalue weighted by atomic mass is 10.1. The molecule has 2 nitrogen and oxygen atoms in total. The van der Waals surface area contributed by atoms with Crippen LogP contribution < -0.4 is 0 Å². The van der Waals surface area contributed by atoms with Crippen molar-refractivity contribution in [2.75, 3.05) is 38.7 Å². The standard InChI is InChI=1S/C18H32ClNO/c1-3-4-5-6-9-18(15-19)10-7-8-17(2)16-20-11-13-21-14-12-20/h8-9H,3-7,10-16H2,1-2H3/b17-8-,18-9+. The van der Waals surface area contributed by atoms with Gasteiger partial charge in [0.2, 0.25) is 0 Å². The van der Waals surface area contributed by atoms with Crippen molar-refractivity contribution < 1.29 is 4.74 Å². The average Bonchev–Trinajstić information content (AvgIpc) is 2.50. The summed E-state index contributed by atoms with van der Waals surface area (Å²) in [6.45, 7) is 9.45. The van der Waals surface area contributed by atoms with Crippen molar-refractivity contribution in [3.8, 4) is 0 Å². The molecule has 0 aromatic heterocycles. The lowest BCUT2D eigenvalue weighted by molar-refractivity contribution is 0.0422. The maximum Gasteiger partial charge on any atom is 0.0594 e. The molecule has 0 N–H and O–H groups in total. The van der Waals surface area contributed by atoms with Gasteiger partial charge in [-0.05, 0) is 32.6 Å². The summed E-state index contributed by atoms with van der Waals surface area (Å²) in [7, 11) is 0. The van der Waals surface area contributed by atoms with Gasteiger partial charge >= 0.3 is 0 Å². The molecule has 1 rings (SSSR count). The van der Waals surface area contributed by atoms with Crippen LogP contribution in [0.25, 0.3) is 0 Å². The number of hydrogen-bond donors (Lipinski definition) is 0. The lowest BCUT2D eigenvalue weighted by Crippen LogP contribution is -2.37. The predicted octanol–water partition coefficient (Wildman–Crippen LogP) is 4.79. The van der Waals surface area contributed by atoms with Crippen LogP contribution in [0, 0.1) is 0 Å². The van der Waals surface area contributed by atoms with Gasteiger partial charge in [0, 0.05) is 25.5 Å². The molecule has 0 unspecified atom stereocenters. The molecule has 0 atom stereocenters. The topological polar surface area (TPSA) is 12.5 Å². The summed E-state index contributed by atoms with van der Waals surface area (Å²) in [5.74, 6) is 0.683. The van der Waals surface area contributed by atoms with Gasteiger partial charge in [0.25, 0.3) is 0 Å². The number of nitrogens with zero attached hydrogens (tertiary/aromatic N) is 1. The second-order valence-corrected chi connectivity index (χ2v) is 6.24. The summed E-state index contributed by atoms with van der Waals surface area (Å²) in [5.41, 5.74) is 2.87. The number of alkyl halides is 1. The Labute approximate surface area is 136 Å². The van der Waals surface area contributed by atoms with E-state index in [2.05, 4.69) is 30.9 Å². The number of rotatable bonds is 10. The number of hydrogen-bond acceptors (Lipinski definition) is 2. The smallest absolute Gasteiger partial charge is 0.0594 e. The second-order valence-electron chi connectivity index (χ2n) is 5.97. The highest BCUT2D eigenvalue weighted by Crippen LogP contribution is 2.13. The number of allylic oxidation sites excluding steroid dienone is 3. The minimum absolute atomic E-state index is 0.683. The van der Waals surface area contributed by atoms with E-state index in [1.165, 1.54) is 36.8 Å². The zero-order valence-electron chi connectivity index (χ0n) is 13.9. The fourth-order valence-electron chi connectivity index (χ4n) is 2.60. The van der Waals surface area contributed by atoms with E-state index in [0.29, 0.717) is 5.88 Å². The third kappa shape index (κ3) is 9.34. The van der Waals surface area contributed by atoms with Crippen LogP contribution in [0.4, 0.5) is 0 Å². The molecule has 0 spiro atoms. The average molecular weight is 314 g/mol. The summed E-state index contributed by atoms with van der Waals surface area (Å²) in [5, 5.41) is 0. The Morgan fingerprint density at radius 2 is 1.90 bits per heavy atom. The van der Waals surface area contributed by atoms with Gasteiger partial charge in [-0.15, -0.1) is 11.6 Å². The molecule has 0 saturated carbocycles. The van der Waals surface area contributed by atoms with E-state index in [9.17, 15) is 0 Å². The van der Waals surface area contributed by atoms with Crippen molar-refractivity contribution in [2.24, 2.45) is 0 Å². The molecule has 0 aromatic rings. The fourth-order valence-corrected chi connectivity index (χ4v) is 2.85. The van der Waals surface area contributed by atoms with Gasteiger partial charge < -0.3 is 4.74 Å². The van der Waals surface area contributed by atoms with E-state index in [4.69, 9.17) is 16.3 Å². The minimum atomic E-state index is 0.683. The number of ether oxygens (including phenoxy) is 1. The summed E-state index contributed by atoms with van der Waals surface area (Å²) in [6, 6.07) is 0. The highest BCUT2D eigenvalue weighted by Gasteiger charge is 2.09. The van der Waals surface area contributed by atoms with Crippen molar-refractivity contribution in [1.29, 1.82) is 0 Å². The number of halogens is 1. The van der Waals surface area contributed by atoms with Crippen LogP contribution in [0.1, 0.15) is 52.4 Å². The zero-order chi connectivity index (χ0) is 15.3. The van der Waals surface area contributed by atoms with Gasteiger partial charge in [-0.1, -0.05) is 43.1 Å². The molecule has 1 aliphatic rings. The van der Waals surface area contributed by atoms with Crippen molar-refractivity contribution in [3.63, 3.8) is 0 Å². The Balaban J connectivity index is 2.22. The zero-order valence-corrected chi connectivity index (χ0v) is 14.6. The Morgan fingerprint density at radius 3 is 2.57 bits per heavy atom. The summed E-state index contributed by atoms with van der Waals surface area (Å²) in [4.78, 5) is 2.47. The first kappa shape index (κ1) is 18.7. The van der Waals surface area contributed by atoms with E-state index in [1.807, 2.05) is 0 Å². The molecule has 3 heteroatoms. The Hall–Kier alpha value is -0.310. The molecule has 1 saturated heterocycles. The highest BCUT2D eigenvalue weighted by molar-refractivity contribution is 6.19. The third-order valence-corrected chi connectivity index (χ3v) is 4.29. The lowest BCUT2D eigenvalue weighted by Gasteiger charge is -2.26. The molecular weight excluding hydrogens is 282 g/mol. The third-order valence-electron chi connectivity index (χ3n) is 3.95. The van der Waals surface area contributed by atoms with E-state index < -0.39 is 0 Å². The Kier molecular flexibility index (Phi) is 10.9. The van der Waals surface area contributed by atoms with Crippen molar-refractivity contribution in [3.05, 3.63) is 23.3 Å². The van der Waals surface area contributed by atoms with Gasteiger partial charge in [0.05, 0.1) is 13.2 Å². The van der Waals surface area contributed by atoms with Gasteiger partial charge in [0.15, 0.2) is 0 Å². The van der Waals surface area contributed by atoms with E-state index in [0.717, 1.165) is 45.7 Å². The molecule has 0 radical (unpaired) electrons. The maximum absolute atomic E-state index is 6.04. The van der Waals surface area contributed by atoms with Gasteiger partial charge in [-0.2, -0.15) is 0 Å². The van der Waals surface area contributed by atoms with Crippen LogP contribution in [0.3, 0.4) is 0 Å². The minimum Gasteiger partial charge on any atom is -0.379 e. The second kappa shape index (κ2) is 12.3. The van der Waals surface area contributed by atoms with Crippen LogP contribution >= 0.6 is 11.6 Å². The predicted molar refractivity (Wildman–Crippen MR) is 93.2 cm³/mol. The molecule has 1 fully saturated rings. The molecule has 1 heterocycles. The quantitative estimate of drug-likeness (QED) is 0.326. The Bertz CT molecular complexity index is 319. The monoisotopic (exact) mass is 313 g/mol. The Morgan fingerprint density at radius 1 is 1.14 bits per heavy atom. The van der Waals surface area contributed by atoms with Crippen LogP contribution in [-0.2, 0) is 4.74 Å². The molecule has 0 aliphatic carbocycles. The molecule has 0 bridgehead atoms. The molecule has 0 aromatic carbocycles. The SMILES string of the molecule is CCCCC/C=C(/CCl)CC/C=C(/C)CN1CCOCC1. The first-order valence-electron chi connectivity index (χ1n) is 8.45. The van der Waals surface area contributed by atoms with Gasteiger partial charge in [0.1, 0.15) is 0 Å².